The van der Waals surface area contributed by atoms with Crippen molar-refractivity contribution in [2.75, 3.05) is 6.54 Å². The maximum Gasteiger partial charge on any atom is 0.182 e. The van der Waals surface area contributed by atoms with E-state index in [2.05, 4.69) is 15.9 Å². The van der Waals surface area contributed by atoms with E-state index in [0.717, 1.165) is 15.6 Å². The lowest BCUT2D eigenvalue weighted by Gasteiger charge is -2.16. The molecule has 0 aliphatic carbocycles. The van der Waals surface area contributed by atoms with E-state index >= 15 is 0 Å². The molecule has 0 saturated heterocycles. The highest BCUT2D eigenvalue weighted by Gasteiger charge is 2.25. The Bertz CT molecular complexity index is 679. The first kappa shape index (κ1) is 13.1. The molecule has 0 bridgehead atoms. The second-order valence-corrected chi connectivity index (χ2v) is 5.71. The van der Waals surface area contributed by atoms with Crippen LogP contribution in [-0.2, 0) is 6.54 Å². The Labute approximate surface area is 125 Å². The molecule has 100 valence electrons. The van der Waals surface area contributed by atoms with Crippen molar-refractivity contribution in [2.24, 2.45) is 0 Å². The summed E-state index contributed by atoms with van der Waals surface area (Å²) < 4.78 is 0.954. The summed E-state index contributed by atoms with van der Waals surface area (Å²) in [6.45, 7) is 0.881. The van der Waals surface area contributed by atoms with E-state index in [1.807, 2.05) is 41.3 Å². The summed E-state index contributed by atoms with van der Waals surface area (Å²) in [5.41, 5.74) is 2.72. The number of carbonyl (C=O) groups excluding carboxylic acids is 1. The number of hydrogen-bond donors (Lipinski definition) is 1. The molecule has 0 unspecified atom stereocenters. The zero-order valence-electron chi connectivity index (χ0n) is 10.8. The first-order valence-corrected chi connectivity index (χ1v) is 7.15. The lowest BCUT2D eigenvalue weighted by Crippen LogP contribution is -2.30. The first-order valence-electron chi connectivity index (χ1n) is 6.35. The number of nitrogens with one attached hydrogen (secondary N) is 1. The van der Waals surface area contributed by atoms with E-state index in [1.54, 1.807) is 12.1 Å². The van der Waals surface area contributed by atoms with Gasteiger partial charge in [0.25, 0.3) is 0 Å². The average molecular weight is 329 g/mol. The van der Waals surface area contributed by atoms with Crippen molar-refractivity contribution in [3.8, 4) is 0 Å². The summed E-state index contributed by atoms with van der Waals surface area (Å²) in [5, 5.41) is 8.14. The highest BCUT2D eigenvalue weighted by Crippen LogP contribution is 2.22. The topological polar surface area (TPSA) is 44.2 Å². The Morgan fingerprint density at radius 1 is 1.15 bits per heavy atom. The van der Waals surface area contributed by atoms with Crippen LogP contribution in [0.15, 0.2) is 53.0 Å². The van der Waals surface area contributed by atoms with Crippen LogP contribution in [0.3, 0.4) is 0 Å². The van der Waals surface area contributed by atoms with E-state index in [1.165, 1.54) is 0 Å². The van der Waals surface area contributed by atoms with E-state index in [-0.39, 0.29) is 12.3 Å². The maximum absolute atomic E-state index is 12.3. The SMILES string of the molecule is N=C1c2ccccc2CN1CC(=O)c1ccc(Br)cc1. The Hall–Kier alpha value is -1.94. The number of benzene rings is 2. The number of amidine groups is 1. The number of carbonyl (C=O) groups is 1. The molecule has 20 heavy (non-hydrogen) atoms. The van der Waals surface area contributed by atoms with Gasteiger partial charge in [-0.2, -0.15) is 0 Å². The summed E-state index contributed by atoms with van der Waals surface area (Å²) in [6, 6.07) is 15.2. The van der Waals surface area contributed by atoms with Gasteiger partial charge in [-0.3, -0.25) is 10.2 Å². The molecule has 2 aromatic carbocycles. The van der Waals surface area contributed by atoms with Crippen LogP contribution >= 0.6 is 15.9 Å². The van der Waals surface area contributed by atoms with E-state index < -0.39 is 0 Å². The van der Waals surface area contributed by atoms with Gasteiger partial charge in [-0.05, 0) is 17.7 Å². The zero-order valence-corrected chi connectivity index (χ0v) is 12.4. The van der Waals surface area contributed by atoms with Crippen LogP contribution in [0.1, 0.15) is 21.5 Å². The zero-order chi connectivity index (χ0) is 14.1. The summed E-state index contributed by atoms with van der Waals surface area (Å²) in [5.74, 6) is 0.473. The van der Waals surface area contributed by atoms with Crippen molar-refractivity contribution >= 4 is 27.5 Å². The van der Waals surface area contributed by atoms with Gasteiger partial charge in [0.2, 0.25) is 0 Å². The van der Waals surface area contributed by atoms with Crippen LogP contribution in [0.4, 0.5) is 0 Å². The molecule has 1 N–H and O–H groups in total. The number of fused-ring (bicyclic) bond motifs is 1. The number of Topliss-reactive ketones (excluding diaryl/α,β-unsaturated/α-hetero) is 1. The minimum atomic E-state index is 0.0371. The Kier molecular flexibility index (Phi) is 3.40. The van der Waals surface area contributed by atoms with E-state index in [9.17, 15) is 4.79 Å². The molecular weight excluding hydrogens is 316 g/mol. The molecule has 1 aliphatic rings. The second-order valence-electron chi connectivity index (χ2n) is 4.79. The largest absolute Gasteiger partial charge is 0.345 e. The number of rotatable bonds is 3. The number of halogens is 1. The van der Waals surface area contributed by atoms with Crippen LogP contribution in [0.5, 0.6) is 0 Å². The third-order valence-electron chi connectivity index (χ3n) is 3.45. The number of nitrogens with zero attached hydrogens (tertiary/aromatic N) is 1. The molecular formula is C16H13BrN2O. The normalized spacial score (nSPS) is 13.4. The van der Waals surface area contributed by atoms with Crippen LogP contribution in [-0.4, -0.2) is 23.1 Å². The van der Waals surface area contributed by atoms with Gasteiger partial charge in [0.1, 0.15) is 5.84 Å². The molecule has 1 heterocycles. The van der Waals surface area contributed by atoms with Gasteiger partial charge in [0, 0.05) is 22.1 Å². The third-order valence-corrected chi connectivity index (χ3v) is 3.98. The van der Waals surface area contributed by atoms with Gasteiger partial charge >= 0.3 is 0 Å². The Morgan fingerprint density at radius 3 is 2.55 bits per heavy atom. The lowest BCUT2D eigenvalue weighted by molar-refractivity contribution is 0.0962. The van der Waals surface area contributed by atoms with Gasteiger partial charge in [0.05, 0.1) is 6.54 Å². The lowest BCUT2D eigenvalue weighted by atomic mass is 10.1. The molecule has 3 rings (SSSR count). The van der Waals surface area contributed by atoms with E-state index in [4.69, 9.17) is 5.41 Å². The molecule has 0 amide bonds. The average Bonchev–Trinajstić information content (AvgIpc) is 2.77. The molecule has 1 aliphatic heterocycles. The molecule has 4 heteroatoms. The van der Waals surface area contributed by atoms with Gasteiger partial charge in [0.15, 0.2) is 5.78 Å². The molecule has 3 nitrogen and oxygen atoms in total. The molecule has 0 fully saturated rings. The fourth-order valence-electron chi connectivity index (χ4n) is 2.38. The van der Waals surface area contributed by atoms with Crippen molar-refractivity contribution in [1.29, 1.82) is 5.41 Å². The Morgan fingerprint density at radius 2 is 1.85 bits per heavy atom. The fraction of sp³-hybridized carbons (Fsp3) is 0.125. The first-order chi connectivity index (χ1) is 9.65. The second kappa shape index (κ2) is 5.21. The van der Waals surface area contributed by atoms with E-state index in [0.29, 0.717) is 17.9 Å². The van der Waals surface area contributed by atoms with Crippen molar-refractivity contribution in [3.63, 3.8) is 0 Å². The monoisotopic (exact) mass is 328 g/mol. The van der Waals surface area contributed by atoms with Crippen molar-refractivity contribution < 1.29 is 4.79 Å². The number of ketones is 1. The van der Waals surface area contributed by atoms with Gasteiger partial charge in [-0.15, -0.1) is 0 Å². The number of hydrogen-bond acceptors (Lipinski definition) is 2. The minimum absolute atomic E-state index is 0.0371. The smallest absolute Gasteiger partial charge is 0.182 e. The van der Waals surface area contributed by atoms with Crippen molar-refractivity contribution in [3.05, 3.63) is 69.7 Å². The van der Waals surface area contributed by atoms with Crippen LogP contribution in [0, 0.1) is 5.41 Å². The van der Waals surface area contributed by atoms with Gasteiger partial charge < -0.3 is 4.90 Å². The minimum Gasteiger partial charge on any atom is -0.345 e. The predicted molar refractivity (Wildman–Crippen MR) is 82.2 cm³/mol. The molecule has 0 spiro atoms. The maximum atomic E-state index is 12.3. The van der Waals surface area contributed by atoms with Crippen LogP contribution < -0.4 is 0 Å². The van der Waals surface area contributed by atoms with Gasteiger partial charge in [-0.1, -0.05) is 52.3 Å². The summed E-state index contributed by atoms with van der Waals surface area (Å²) in [4.78, 5) is 14.1. The predicted octanol–water partition coefficient (Wildman–Crippen LogP) is 3.47. The molecule has 0 saturated carbocycles. The van der Waals surface area contributed by atoms with Crippen LogP contribution in [0.2, 0.25) is 0 Å². The highest BCUT2D eigenvalue weighted by molar-refractivity contribution is 9.10. The van der Waals surface area contributed by atoms with Crippen molar-refractivity contribution in [2.45, 2.75) is 6.54 Å². The molecule has 0 atom stereocenters. The standard InChI is InChI=1S/C16H13BrN2O/c17-13-7-5-11(6-8-13)15(20)10-19-9-12-3-1-2-4-14(12)16(19)18/h1-8,18H,9-10H2. The summed E-state index contributed by atoms with van der Waals surface area (Å²) in [6.07, 6.45) is 0. The van der Waals surface area contributed by atoms with Gasteiger partial charge in [-0.25, -0.2) is 0 Å². The summed E-state index contributed by atoms with van der Waals surface area (Å²) >= 11 is 3.36. The van der Waals surface area contributed by atoms with Crippen LogP contribution in [0.25, 0.3) is 0 Å². The van der Waals surface area contributed by atoms with Crippen molar-refractivity contribution in [1.82, 2.24) is 4.90 Å². The highest BCUT2D eigenvalue weighted by atomic mass is 79.9. The third kappa shape index (κ3) is 2.39. The fourth-order valence-corrected chi connectivity index (χ4v) is 2.64. The summed E-state index contributed by atoms with van der Waals surface area (Å²) in [7, 11) is 0. The Balaban J connectivity index is 1.75. The molecule has 0 aromatic heterocycles. The quantitative estimate of drug-likeness (QED) is 0.877. The molecule has 0 radical (unpaired) electrons. The molecule has 2 aromatic rings.